The first-order valence-electron chi connectivity index (χ1n) is 4.88. The lowest BCUT2D eigenvalue weighted by Gasteiger charge is -2.06. The maximum Gasteiger partial charge on any atom is 0.408 e. The highest BCUT2D eigenvalue weighted by atomic mass is 19.4. The third kappa shape index (κ3) is 2.27. The van der Waals surface area contributed by atoms with Crippen molar-refractivity contribution >= 4 is 16.9 Å². The summed E-state index contributed by atoms with van der Waals surface area (Å²) in [5.74, 6) is -0.797. The Morgan fingerprint density at radius 1 is 1.50 bits per heavy atom. The highest BCUT2D eigenvalue weighted by molar-refractivity contribution is 6.01. The Morgan fingerprint density at radius 2 is 2.22 bits per heavy atom. The van der Waals surface area contributed by atoms with Gasteiger partial charge in [0.1, 0.15) is 6.54 Å². The smallest absolute Gasteiger partial charge is 0.408 e. The number of alkyl halides is 3. The van der Waals surface area contributed by atoms with E-state index in [2.05, 4.69) is 14.8 Å². The number of halogens is 3. The Morgan fingerprint density at radius 3 is 2.83 bits per heavy atom. The topological polar surface area (TPSA) is 57.0 Å². The van der Waals surface area contributed by atoms with E-state index in [4.69, 9.17) is 0 Å². The van der Waals surface area contributed by atoms with Crippen LogP contribution in [0.25, 0.3) is 10.9 Å². The van der Waals surface area contributed by atoms with E-state index in [1.54, 1.807) is 0 Å². The van der Waals surface area contributed by atoms with Crippen molar-refractivity contribution in [2.75, 3.05) is 7.11 Å². The fourth-order valence-corrected chi connectivity index (χ4v) is 1.56. The number of aromatic nitrogens is 3. The molecule has 0 unspecified atom stereocenters. The van der Waals surface area contributed by atoms with E-state index in [0.717, 1.165) is 7.11 Å². The number of carbonyl (C=O) groups is 1. The van der Waals surface area contributed by atoms with Crippen molar-refractivity contribution in [1.82, 2.24) is 14.8 Å². The van der Waals surface area contributed by atoms with Crippen molar-refractivity contribution in [3.8, 4) is 0 Å². The zero-order valence-corrected chi connectivity index (χ0v) is 9.23. The van der Waals surface area contributed by atoms with Gasteiger partial charge in [-0.2, -0.15) is 18.3 Å². The fourth-order valence-electron chi connectivity index (χ4n) is 1.56. The predicted octanol–water partition coefficient (Wildman–Crippen LogP) is 1.78. The molecule has 0 atom stereocenters. The summed E-state index contributed by atoms with van der Waals surface area (Å²) < 4.78 is 42.3. The van der Waals surface area contributed by atoms with Gasteiger partial charge in [-0.15, -0.1) is 0 Å². The van der Waals surface area contributed by atoms with Gasteiger partial charge >= 0.3 is 12.1 Å². The first-order valence-corrected chi connectivity index (χ1v) is 4.88. The molecule has 2 heterocycles. The van der Waals surface area contributed by atoms with E-state index >= 15 is 0 Å². The van der Waals surface area contributed by atoms with E-state index < -0.39 is 18.7 Å². The average molecular weight is 259 g/mol. The average Bonchev–Trinajstić information content (AvgIpc) is 2.65. The zero-order chi connectivity index (χ0) is 13.3. The largest absolute Gasteiger partial charge is 0.464 e. The van der Waals surface area contributed by atoms with Crippen LogP contribution in [-0.2, 0) is 11.3 Å². The van der Waals surface area contributed by atoms with Gasteiger partial charge in [0.2, 0.25) is 0 Å². The molecule has 0 spiro atoms. The molecule has 18 heavy (non-hydrogen) atoms. The number of hydrogen-bond acceptors (Lipinski definition) is 4. The Balaban J connectivity index is 2.58. The van der Waals surface area contributed by atoms with Crippen LogP contribution in [-0.4, -0.2) is 34.0 Å². The summed E-state index contributed by atoms with van der Waals surface area (Å²) in [4.78, 5) is 15.2. The van der Waals surface area contributed by atoms with Gasteiger partial charge in [-0.1, -0.05) is 0 Å². The van der Waals surface area contributed by atoms with Crippen LogP contribution in [0.3, 0.4) is 0 Å². The van der Waals surface area contributed by atoms with Crippen LogP contribution in [0.2, 0.25) is 0 Å². The number of pyridine rings is 1. The predicted molar refractivity (Wildman–Crippen MR) is 54.9 cm³/mol. The highest BCUT2D eigenvalue weighted by Crippen LogP contribution is 2.23. The molecule has 0 radical (unpaired) electrons. The summed E-state index contributed by atoms with van der Waals surface area (Å²) in [5, 5.41) is 3.86. The number of ether oxygens (including phenoxy) is 1. The van der Waals surface area contributed by atoms with Crippen LogP contribution in [0, 0.1) is 0 Å². The quantitative estimate of drug-likeness (QED) is 0.771. The molecule has 0 aromatic carbocycles. The third-order valence-electron chi connectivity index (χ3n) is 2.26. The summed E-state index contributed by atoms with van der Waals surface area (Å²) in [7, 11) is 1.13. The molecule has 8 heteroatoms. The molecule has 0 aliphatic carbocycles. The van der Waals surface area contributed by atoms with E-state index in [-0.39, 0.29) is 16.6 Å². The van der Waals surface area contributed by atoms with E-state index in [1.165, 1.54) is 18.5 Å². The molecule has 0 aliphatic heterocycles. The van der Waals surface area contributed by atoms with Crippen molar-refractivity contribution in [2.24, 2.45) is 0 Å². The normalized spacial score (nSPS) is 11.8. The lowest BCUT2D eigenvalue weighted by atomic mass is 10.2. The van der Waals surface area contributed by atoms with Crippen LogP contribution in [0.4, 0.5) is 13.2 Å². The fraction of sp³-hybridized carbons (Fsp3) is 0.300. The minimum atomic E-state index is -4.42. The van der Waals surface area contributed by atoms with Gasteiger partial charge in [0.05, 0.1) is 18.0 Å². The summed E-state index contributed by atoms with van der Waals surface area (Å²) in [6.45, 7) is -1.27. The molecule has 0 amide bonds. The maximum absolute atomic E-state index is 12.4. The molecule has 5 nitrogen and oxygen atoms in total. The molecule has 2 aromatic rings. The number of rotatable bonds is 2. The van der Waals surface area contributed by atoms with Crippen LogP contribution in [0.15, 0.2) is 18.5 Å². The zero-order valence-electron chi connectivity index (χ0n) is 9.23. The molecule has 0 bridgehead atoms. The Labute approximate surface area is 99.2 Å². The molecule has 2 rings (SSSR count). The monoisotopic (exact) mass is 259 g/mol. The van der Waals surface area contributed by atoms with Crippen molar-refractivity contribution in [2.45, 2.75) is 12.7 Å². The number of carbonyl (C=O) groups excluding carboxylic acids is 1. The van der Waals surface area contributed by atoms with E-state index in [1.807, 2.05) is 0 Å². The maximum atomic E-state index is 12.4. The van der Waals surface area contributed by atoms with Gasteiger partial charge < -0.3 is 4.74 Å². The van der Waals surface area contributed by atoms with Crippen LogP contribution >= 0.6 is 0 Å². The summed E-state index contributed by atoms with van der Waals surface area (Å²) in [5.41, 5.74) is 0.00701. The van der Waals surface area contributed by atoms with Gasteiger partial charge in [-0.3, -0.25) is 9.67 Å². The molecule has 96 valence electrons. The Kier molecular flexibility index (Phi) is 2.93. The Bertz CT molecular complexity index is 592. The lowest BCUT2D eigenvalue weighted by molar-refractivity contribution is -0.141. The number of nitrogens with zero attached hydrogens (tertiary/aromatic N) is 3. The standard InChI is InChI=1S/C10H8F3N3O2/c1-18-9(17)8-6-4-14-3-2-7(6)16(15-8)5-10(11,12)13/h2-4H,5H2,1H3. The molecule has 0 aliphatic rings. The molecular formula is C10H8F3N3O2. The van der Waals surface area contributed by atoms with Gasteiger partial charge in [0, 0.05) is 12.4 Å². The summed E-state index contributed by atoms with van der Waals surface area (Å²) >= 11 is 0. The third-order valence-corrected chi connectivity index (χ3v) is 2.26. The number of fused-ring (bicyclic) bond motifs is 1. The minimum Gasteiger partial charge on any atom is -0.464 e. The second-order valence-electron chi connectivity index (χ2n) is 3.51. The SMILES string of the molecule is COC(=O)c1nn(CC(F)(F)F)c2ccncc12. The van der Waals surface area contributed by atoms with Gasteiger partial charge in [-0.05, 0) is 6.07 Å². The van der Waals surface area contributed by atoms with Gasteiger partial charge in [0.15, 0.2) is 5.69 Å². The number of esters is 1. The summed E-state index contributed by atoms with van der Waals surface area (Å²) in [6.07, 6.45) is -1.81. The number of hydrogen-bond donors (Lipinski definition) is 0. The van der Waals surface area contributed by atoms with Crippen LogP contribution in [0.5, 0.6) is 0 Å². The minimum absolute atomic E-state index is 0.176. The Hall–Kier alpha value is -2.12. The lowest BCUT2D eigenvalue weighted by Crippen LogP contribution is -2.19. The molecule has 0 saturated carbocycles. The van der Waals surface area contributed by atoms with Crippen LogP contribution in [0.1, 0.15) is 10.5 Å². The van der Waals surface area contributed by atoms with E-state index in [0.29, 0.717) is 4.68 Å². The molecule has 0 N–H and O–H groups in total. The van der Waals surface area contributed by atoms with E-state index in [9.17, 15) is 18.0 Å². The van der Waals surface area contributed by atoms with Crippen molar-refractivity contribution in [1.29, 1.82) is 0 Å². The number of methoxy groups -OCH3 is 1. The van der Waals surface area contributed by atoms with Gasteiger partial charge in [-0.25, -0.2) is 4.79 Å². The second-order valence-corrected chi connectivity index (χ2v) is 3.51. The van der Waals surface area contributed by atoms with Gasteiger partial charge in [0.25, 0.3) is 0 Å². The highest BCUT2D eigenvalue weighted by Gasteiger charge is 2.30. The molecule has 2 aromatic heterocycles. The van der Waals surface area contributed by atoms with Crippen LogP contribution < -0.4 is 0 Å². The first-order chi connectivity index (χ1) is 8.42. The first kappa shape index (κ1) is 12.3. The molecular weight excluding hydrogens is 251 g/mol. The molecule has 0 fully saturated rings. The van der Waals surface area contributed by atoms with Crippen molar-refractivity contribution in [3.63, 3.8) is 0 Å². The van der Waals surface area contributed by atoms with Crippen molar-refractivity contribution in [3.05, 3.63) is 24.2 Å². The second kappa shape index (κ2) is 4.28. The van der Waals surface area contributed by atoms with Crippen molar-refractivity contribution < 1.29 is 22.7 Å². The summed E-state index contributed by atoms with van der Waals surface area (Å²) in [6, 6.07) is 1.36. The molecule has 0 saturated heterocycles.